The number of hydrogen-bond acceptors (Lipinski definition) is 6. The first-order valence-corrected chi connectivity index (χ1v) is 10.2. The summed E-state index contributed by atoms with van der Waals surface area (Å²) in [7, 11) is -0.276. The minimum atomic E-state index is -3.60. The first kappa shape index (κ1) is 19.2. The number of ether oxygens (including phenoxy) is 1. The Hall–Kier alpha value is -2.52. The van der Waals surface area contributed by atoms with E-state index >= 15 is 0 Å². The van der Waals surface area contributed by atoms with Crippen molar-refractivity contribution in [2.75, 3.05) is 47.9 Å². The van der Waals surface area contributed by atoms with Crippen LogP contribution in [0.3, 0.4) is 0 Å². The summed E-state index contributed by atoms with van der Waals surface area (Å²) < 4.78 is 44.1. The number of benzene rings is 2. The van der Waals surface area contributed by atoms with E-state index in [0.717, 1.165) is 27.5 Å². The normalized spacial score (nSPS) is 13.7. The fraction of sp³-hybridized carbons (Fsp3) is 0.333. The number of aliphatic hydroxyl groups is 1. The lowest BCUT2D eigenvalue weighted by atomic mass is 10.1. The largest absolute Gasteiger partial charge is 0.495 e. The number of rotatable bonds is 6. The first-order chi connectivity index (χ1) is 12.8. The molecule has 9 heteroatoms. The van der Waals surface area contributed by atoms with Gasteiger partial charge in [-0.3, -0.25) is 14.3 Å². The number of halogens is 1. The second-order valence-electron chi connectivity index (χ2n) is 6.27. The van der Waals surface area contributed by atoms with Crippen LogP contribution in [0.5, 0.6) is 5.75 Å². The predicted octanol–water partition coefficient (Wildman–Crippen LogP) is 1.96. The maximum atomic E-state index is 13.2. The lowest BCUT2D eigenvalue weighted by Crippen LogP contribution is -2.34. The zero-order valence-electron chi connectivity index (χ0n) is 15.4. The number of methoxy groups -OCH3 is 1. The van der Waals surface area contributed by atoms with Crippen LogP contribution in [0.1, 0.15) is 5.56 Å². The summed E-state index contributed by atoms with van der Waals surface area (Å²) in [5.74, 6) is 0.0943. The highest BCUT2D eigenvalue weighted by Crippen LogP contribution is 2.42. The van der Waals surface area contributed by atoms with Gasteiger partial charge in [-0.1, -0.05) is 0 Å². The molecule has 1 aliphatic rings. The van der Waals surface area contributed by atoms with E-state index in [0.29, 0.717) is 18.0 Å². The van der Waals surface area contributed by atoms with Crippen LogP contribution in [-0.4, -0.2) is 47.1 Å². The number of sulfonamides is 1. The van der Waals surface area contributed by atoms with Crippen LogP contribution in [0.25, 0.3) is 0 Å². The molecule has 7 nitrogen and oxygen atoms in total. The molecule has 0 atom stereocenters. The fourth-order valence-electron chi connectivity index (χ4n) is 3.22. The molecule has 2 aromatic rings. The zero-order valence-corrected chi connectivity index (χ0v) is 16.2. The third-order valence-corrected chi connectivity index (χ3v) is 5.69. The number of hydrazine groups is 1. The summed E-state index contributed by atoms with van der Waals surface area (Å²) in [5.41, 5.74) is 2.92. The van der Waals surface area contributed by atoms with Crippen molar-refractivity contribution in [1.29, 1.82) is 0 Å². The van der Waals surface area contributed by atoms with Gasteiger partial charge < -0.3 is 9.84 Å². The Balaban J connectivity index is 2.05. The Kier molecular flexibility index (Phi) is 5.16. The molecule has 146 valence electrons. The molecule has 0 unspecified atom stereocenters. The van der Waals surface area contributed by atoms with Gasteiger partial charge >= 0.3 is 0 Å². The van der Waals surface area contributed by atoms with Gasteiger partial charge in [0, 0.05) is 12.6 Å². The average molecular weight is 395 g/mol. The highest BCUT2D eigenvalue weighted by Gasteiger charge is 2.29. The van der Waals surface area contributed by atoms with Gasteiger partial charge in [-0.25, -0.2) is 12.8 Å². The Morgan fingerprint density at radius 3 is 2.48 bits per heavy atom. The monoisotopic (exact) mass is 395 g/mol. The maximum Gasteiger partial charge on any atom is 0.232 e. The van der Waals surface area contributed by atoms with Crippen molar-refractivity contribution in [3.05, 3.63) is 47.8 Å². The summed E-state index contributed by atoms with van der Waals surface area (Å²) >= 11 is 0. The van der Waals surface area contributed by atoms with E-state index in [4.69, 9.17) is 4.74 Å². The van der Waals surface area contributed by atoms with Gasteiger partial charge in [-0.15, -0.1) is 0 Å². The van der Waals surface area contributed by atoms with Crippen molar-refractivity contribution in [2.45, 2.75) is 6.54 Å². The van der Waals surface area contributed by atoms with Gasteiger partial charge in [0.15, 0.2) is 0 Å². The third kappa shape index (κ3) is 3.65. The quantitative estimate of drug-likeness (QED) is 0.806. The van der Waals surface area contributed by atoms with Gasteiger partial charge in [0.2, 0.25) is 10.0 Å². The fourth-order valence-corrected chi connectivity index (χ4v) is 4.13. The van der Waals surface area contributed by atoms with Crippen molar-refractivity contribution in [2.24, 2.45) is 0 Å². The van der Waals surface area contributed by atoms with Crippen molar-refractivity contribution in [1.82, 2.24) is 0 Å². The van der Waals surface area contributed by atoms with E-state index in [-0.39, 0.29) is 19.0 Å². The van der Waals surface area contributed by atoms with Crippen molar-refractivity contribution in [3.8, 4) is 5.75 Å². The minimum absolute atomic E-state index is 0.0701. The molecule has 0 radical (unpaired) electrons. The van der Waals surface area contributed by atoms with Gasteiger partial charge in [0.1, 0.15) is 11.6 Å². The molecule has 1 heterocycles. The average Bonchev–Trinajstić information content (AvgIpc) is 2.94. The van der Waals surface area contributed by atoms with Crippen LogP contribution < -0.4 is 19.1 Å². The molecule has 3 rings (SSSR count). The van der Waals surface area contributed by atoms with Crippen LogP contribution >= 0.6 is 0 Å². The summed E-state index contributed by atoms with van der Waals surface area (Å²) in [5, 5.41) is 13.1. The van der Waals surface area contributed by atoms with Gasteiger partial charge in [0.25, 0.3) is 0 Å². The second-order valence-corrected chi connectivity index (χ2v) is 8.18. The van der Waals surface area contributed by atoms with Crippen LogP contribution in [0.4, 0.5) is 21.5 Å². The molecule has 0 fully saturated rings. The van der Waals surface area contributed by atoms with Crippen LogP contribution in [-0.2, 0) is 16.6 Å². The van der Waals surface area contributed by atoms with Crippen LogP contribution in [0.15, 0.2) is 36.4 Å². The number of hydrogen-bond donors (Lipinski definition) is 1. The molecule has 0 saturated carbocycles. The highest BCUT2D eigenvalue weighted by atomic mass is 32.2. The molecular formula is C18H22FN3O4S. The lowest BCUT2D eigenvalue weighted by molar-refractivity contribution is 0.306. The predicted molar refractivity (Wildman–Crippen MR) is 103 cm³/mol. The molecule has 0 bridgehead atoms. The lowest BCUT2D eigenvalue weighted by Gasteiger charge is -2.29. The van der Waals surface area contributed by atoms with E-state index in [2.05, 4.69) is 0 Å². The molecular weight excluding hydrogens is 373 g/mol. The first-order valence-electron chi connectivity index (χ1n) is 8.32. The minimum Gasteiger partial charge on any atom is -0.495 e. The van der Waals surface area contributed by atoms with E-state index in [1.54, 1.807) is 24.3 Å². The molecule has 0 saturated heterocycles. The van der Waals surface area contributed by atoms with Crippen LogP contribution in [0, 0.1) is 5.82 Å². The smallest absolute Gasteiger partial charge is 0.232 e. The molecule has 27 heavy (non-hydrogen) atoms. The maximum absolute atomic E-state index is 13.2. The Bertz CT molecular complexity index is 934. The summed E-state index contributed by atoms with van der Waals surface area (Å²) in [6.45, 7) is 0.150. The second kappa shape index (κ2) is 7.24. The molecule has 0 aliphatic carbocycles. The Morgan fingerprint density at radius 2 is 1.93 bits per heavy atom. The number of aliphatic hydroxyl groups excluding tert-OH is 1. The van der Waals surface area contributed by atoms with E-state index in [1.165, 1.54) is 19.2 Å². The molecule has 2 aromatic carbocycles. The molecule has 0 amide bonds. The van der Waals surface area contributed by atoms with Crippen LogP contribution in [0.2, 0.25) is 0 Å². The molecule has 1 aliphatic heterocycles. The van der Waals surface area contributed by atoms with Gasteiger partial charge in [-0.05, 0) is 36.4 Å². The Labute approximate surface area is 158 Å². The summed E-state index contributed by atoms with van der Waals surface area (Å²) in [6, 6.07) is 9.68. The number of anilines is 3. The molecule has 1 N–H and O–H groups in total. The Morgan fingerprint density at radius 1 is 1.26 bits per heavy atom. The summed E-state index contributed by atoms with van der Waals surface area (Å²) in [6.07, 6.45) is 1.09. The third-order valence-electron chi connectivity index (χ3n) is 4.51. The van der Waals surface area contributed by atoms with E-state index < -0.39 is 10.0 Å². The SMILES string of the molecule is COc1cc2c(cc1N(CCO)S(C)(=O)=O)N(C)N(c1ccc(F)cc1)C2. The topological polar surface area (TPSA) is 73.3 Å². The molecule has 0 aromatic heterocycles. The van der Waals surface area contributed by atoms with Crippen molar-refractivity contribution >= 4 is 27.1 Å². The zero-order chi connectivity index (χ0) is 19.8. The van der Waals surface area contributed by atoms with E-state index in [9.17, 15) is 17.9 Å². The highest BCUT2D eigenvalue weighted by molar-refractivity contribution is 7.92. The standard InChI is InChI=1S/C18H22FN3O4S/c1-20-16-11-17(22(8-9-23)27(3,24)25)18(26-2)10-13(16)12-21(20)15-6-4-14(19)5-7-15/h4-7,10-11,23H,8-9,12H2,1-3H3. The summed E-state index contributed by atoms with van der Waals surface area (Å²) in [4.78, 5) is 0. The molecule has 0 spiro atoms. The number of nitrogens with zero attached hydrogens (tertiary/aromatic N) is 3. The van der Waals surface area contributed by atoms with Gasteiger partial charge in [-0.2, -0.15) is 0 Å². The van der Waals surface area contributed by atoms with E-state index in [1.807, 2.05) is 17.1 Å². The number of fused-ring (bicyclic) bond motifs is 1. The van der Waals surface area contributed by atoms with Crippen molar-refractivity contribution in [3.63, 3.8) is 0 Å². The van der Waals surface area contributed by atoms with Crippen molar-refractivity contribution < 1.29 is 22.7 Å². The van der Waals surface area contributed by atoms with Gasteiger partial charge in [0.05, 0.1) is 50.1 Å².